The van der Waals surface area contributed by atoms with Crippen molar-refractivity contribution in [2.45, 2.75) is 148 Å². The lowest BCUT2D eigenvalue weighted by Crippen LogP contribution is -2.51. The van der Waals surface area contributed by atoms with E-state index in [0.717, 1.165) is 44.9 Å². The van der Waals surface area contributed by atoms with E-state index in [4.69, 9.17) is 4.74 Å². The van der Waals surface area contributed by atoms with E-state index in [2.05, 4.69) is 19.1 Å². The number of unbranched alkanes of at least 4 members (excludes halogenated alkanes) is 11. The van der Waals surface area contributed by atoms with Crippen LogP contribution in [0, 0.1) is 0 Å². The minimum atomic E-state index is -0.359. The number of carbonyl (C=O) groups excluding carboxylic acids is 3. The molecule has 0 radical (unpaired) electrons. The quantitative estimate of drug-likeness (QED) is 0.129. The average Bonchev–Trinajstić information content (AvgIpc) is 2.77. The van der Waals surface area contributed by atoms with Gasteiger partial charge in [-0.25, -0.2) is 0 Å². The Hall–Kier alpha value is -1.65. The van der Waals surface area contributed by atoms with Gasteiger partial charge >= 0.3 is 5.97 Å². The molecule has 0 spiro atoms. The molecule has 1 aliphatic carbocycles. The molecule has 0 N–H and O–H groups in total. The molecule has 2 unspecified atom stereocenters. The first-order valence-corrected chi connectivity index (χ1v) is 13.6. The van der Waals surface area contributed by atoms with Gasteiger partial charge in [0.2, 0.25) is 11.8 Å². The fraction of sp³-hybridized carbons (Fsp3) is 0.821. The third-order valence-corrected chi connectivity index (χ3v) is 6.60. The van der Waals surface area contributed by atoms with Crippen LogP contribution in [0.1, 0.15) is 136 Å². The van der Waals surface area contributed by atoms with Gasteiger partial charge in [-0.05, 0) is 51.4 Å². The molecule has 0 aromatic carbocycles. The smallest absolute Gasteiger partial charge is 0.306 e. The van der Waals surface area contributed by atoms with E-state index in [0.29, 0.717) is 12.8 Å². The van der Waals surface area contributed by atoms with Gasteiger partial charge < -0.3 is 4.74 Å². The molecule has 2 amide bonds. The Morgan fingerprint density at radius 3 is 1.85 bits per heavy atom. The van der Waals surface area contributed by atoms with Gasteiger partial charge in [-0.3, -0.25) is 19.3 Å². The SMILES string of the molecule is CCCCCCCCC=CCCCCCCCC(=O)OC1CCCCC1N(C(C)=O)C(C)=O. The van der Waals surface area contributed by atoms with Gasteiger partial charge in [-0.2, -0.15) is 0 Å². The summed E-state index contributed by atoms with van der Waals surface area (Å²) in [7, 11) is 0. The van der Waals surface area contributed by atoms with Gasteiger partial charge in [0.15, 0.2) is 0 Å². The van der Waals surface area contributed by atoms with Crippen molar-refractivity contribution in [1.29, 1.82) is 0 Å². The van der Waals surface area contributed by atoms with Gasteiger partial charge in [-0.15, -0.1) is 0 Å². The largest absolute Gasteiger partial charge is 0.460 e. The predicted octanol–water partition coefficient (Wildman–Crippen LogP) is 7.27. The molecule has 190 valence electrons. The zero-order chi connectivity index (χ0) is 24.3. The number of amides is 2. The summed E-state index contributed by atoms with van der Waals surface area (Å²) in [5, 5.41) is 0. The summed E-state index contributed by atoms with van der Waals surface area (Å²) in [4.78, 5) is 37.4. The van der Waals surface area contributed by atoms with Crippen molar-refractivity contribution in [3.63, 3.8) is 0 Å². The Labute approximate surface area is 202 Å². The molecule has 1 aliphatic rings. The number of rotatable bonds is 17. The lowest BCUT2D eigenvalue weighted by Gasteiger charge is -2.37. The molecule has 2 atom stereocenters. The second-order valence-electron chi connectivity index (χ2n) is 9.62. The van der Waals surface area contributed by atoms with Crippen molar-refractivity contribution in [3.05, 3.63) is 12.2 Å². The molecule has 0 saturated heterocycles. The maximum absolute atomic E-state index is 12.3. The standard InChI is InChI=1S/C28H49NO4/c1-4-5-6-7-8-9-10-11-12-13-14-15-16-17-18-23-28(32)33-27-22-20-19-21-26(27)29(24(2)30)25(3)31/h11-12,26-27H,4-10,13-23H2,1-3H3. The molecule has 1 saturated carbocycles. The lowest BCUT2D eigenvalue weighted by molar-refractivity contribution is -0.162. The number of nitrogens with zero attached hydrogens (tertiary/aromatic N) is 1. The van der Waals surface area contributed by atoms with Crippen LogP contribution in [-0.2, 0) is 19.1 Å². The minimum absolute atomic E-state index is 0.198. The molecule has 0 bridgehead atoms. The highest BCUT2D eigenvalue weighted by molar-refractivity contribution is 5.93. The predicted molar refractivity (Wildman–Crippen MR) is 135 cm³/mol. The maximum atomic E-state index is 12.3. The van der Waals surface area contributed by atoms with E-state index in [1.165, 1.54) is 76.5 Å². The average molecular weight is 464 g/mol. The van der Waals surface area contributed by atoms with Crippen LogP contribution in [0.3, 0.4) is 0 Å². The second-order valence-corrected chi connectivity index (χ2v) is 9.62. The van der Waals surface area contributed by atoms with Crippen LogP contribution in [0.2, 0.25) is 0 Å². The number of carbonyl (C=O) groups is 3. The van der Waals surface area contributed by atoms with Crippen LogP contribution in [0.15, 0.2) is 12.2 Å². The third kappa shape index (κ3) is 13.6. The van der Waals surface area contributed by atoms with Crippen LogP contribution in [0.25, 0.3) is 0 Å². The van der Waals surface area contributed by atoms with Crippen LogP contribution in [0.5, 0.6) is 0 Å². The Balaban J connectivity index is 2.09. The fourth-order valence-electron chi connectivity index (χ4n) is 4.77. The summed E-state index contributed by atoms with van der Waals surface area (Å²) in [5.41, 5.74) is 0. The normalized spacial score (nSPS) is 18.4. The zero-order valence-electron chi connectivity index (χ0n) is 21.6. The first-order chi connectivity index (χ1) is 16.0. The first kappa shape index (κ1) is 29.4. The van der Waals surface area contributed by atoms with Crippen molar-refractivity contribution >= 4 is 17.8 Å². The van der Waals surface area contributed by atoms with Crippen LogP contribution >= 0.6 is 0 Å². The van der Waals surface area contributed by atoms with Gasteiger partial charge in [0, 0.05) is 20.3 Å². The van der Waals surface area contributed by atoms with Gasteiger partial charge in [-0.1, -0.05) is 76.9 Å². The van der Waals surface area contributed by atoms with Crippen molar-refractivity contribution < 1.29 is 19.1 Å². The topological polar surface area (TPSA) is 63.7 Å². The maximum Gasteiger partial charge on any atom is 0.306 e. The lowest BCUT2D eigenvalue weighted by atomic mass is 9.91. The highest BCUT2D eigenvalue weighted by atomic mass is 16.5. The monoisotopic (exact) mass is 463 g/mol. The van der Waals surface area contributed by atoms with E-state index in [-0.39, 0.29) is 29.9 Å². The molecule has 5 heteroatoms. The van der Waals surface area contributed by atoms with Crippen LogP contribution in [0.4, 0.5) is 0 Å². The fourth-order valence-corrected chi connectivity index (χ4v) is 4.77. The molecule has 1 fully saturated rings. The number of hydrogen-bond acceptors (Lipinski definition) is 4. The number of ether oxygens (including phenoxy) is 1. The molecule has 1 rings (SSSR count). The Bertz CT molecular complexity index is 572. The van der Waals surface area contributed by atoms with Gasteiger partial charge in [0.05, 0.1) is 6.04 Å². The Morgan fingerprint density at radius 1 is 0.758 bits per heavy atom. The first-order valence-electron chi connectivity index (χ1n) is 13.6. The Kier molecular flexibility index (Phi) is 16.7. The number of esters is 1. The molecule has 0 aromatic rings. The van der Waals surface area contributed by atoms with Gasteiger partial charge in [0.1, 0.15) is 6.10 Å². The highest BCUT2D eigenvalue weighted by Gasteiger charge is 2.36. The number of hydrogen-bond donors (Lipinski definition) is 0. The second kappa shape index (κ2) is 18.7. The van der Waals surface area contributed by atoms with Crippen LogP contribution in [-0.4, -0.2) is 34.8 Å². The molecule has 5 nitrogen and oxygen atoms in total. The summed E-state index contributed by atoms with van der Waals surface area (Å²) >= 11 is 0. The van der Waals surface area contributed by atoms with Crippen LogP contribution < -0.4 is 0 Å². The van der Waals surface area contributed by atoms with Gasteiger partial charge in [0.25, 0.3) is 0 Å². The van der Waals surface area contributed by atoms with E-state index in [9.17, 15) is 14.4 Å². The molecular weight excluding hydrogens is 414 g/mol. The number of allylic oxidation sites excluding steroid dienone is 2. The van der Waals surface area contributed by atoms with Crippen molar-refractivity contribution in [1.82, 2.24) is 4.90 Å². The summed E-state index contributed by atoms with van der Waals surface area (Å²) in [6.07, 6.45) is 24.0. The summed E-state index contributed by atoms with van der Waals surface area (Å²) in [6.45, 7) is 5.06. The molecule has 0 aromatic heterocycles. The van der Waals surface area contributed by atoms with Crippen molar-refractivity contribution in [3.8, 4) is 0 Å². The summed E-state index contributed by atoms with van der Waals surface area (Å²) < 4.78 is 5.71. The summed E-state index contributed by atoms with van der Waals surface area (Å²) in [5.74, 6) is -0.739. The molecule has 33 heavy (non-hydrogen) atoms. The van der Waals surface area contributed by atoms with E-state index >= 15 is 0 Å². The molecule has 0 heterocycles. The molecule has 0 aliphatic heterocycles. The summed E-state index contributed by atoms with van der Waals surface area (Å²) in [6, 6.07) is -0.313. The zero-order valence-corrected chi connectivity index (χ0v) is 21.6. The van der Waals surface area contributed by atoms with E-state index < -0.39 is 0 Å². The molecular formula is C28H49NO4. The van der Waals surface area contributed by atoms with E-state index in [1.807, 2.05) is 0 Å². The van der Waals surface area contributed by atoms with Crippen molar-refractivity contribution in [2.24, 2.45) is 0 Å². The van der Waals surface area contributed by atoms with E-state index in [1.54, 1.807) is 0 Å². The highest BCUT2D eigenvalue weighted by Crippen LogP contribution is 2.27. The Morgan fingerprint density at radius 2 is 1.27 bits per heavy atom. The van der Waals surface area contributed by atoms with Crippen molar-refractivity contribution in [2.75, 3.05) is 0 Å². The minimum Gasteiger partial charge on any atom is -0.460 e. The number of imide groups is 1. The third-order valence-electron chi connectivity index (χ3n) is 6.60.